The predicted octanol–water partition coefficient (Wildman–Crippen LogP) is 3.13. The van der Waals surface area contributed by atoms with Crippen molar-refractivity contribution in [1.29, 1.82) is 0 Å². The van der Waals surface area contributed by atoms with Gasteiger partial charge < -0.3 is 14.7 Å². The van der Waals surface area contributed by atoms with Gasteiger partial charge in [-0.05, 0) is 38.2 Å². The average Bonchev–Trinajstić information content (AvgIpc) is 2.89. The summed E-state index contributed by atoms with van der Waals surface area (Å²) in [6, 6.07) is 3.52. The third-order valence-corrected chi connectivity index (χ3v) is 3.93. The lowest BCUT2D eigenvalue weighted by molar-refractivity contribution is -0.121. The zero-order chi connectivity index (χ0) is 13.1. The Morgan fingerprint density at radius 2 is 2.44 bits per heavy atom. The number of amides is 1. The highest BCUT2D eigenvalue weighted by Gasteiger charge is 2.14. The van der Waals surface area contributed by atoms with E-state index in [0.29, 0.717) is 10.4 Å². The summed E-state index contributed by atoms with van der Waals surface area (Å²) < 4.78 is 5.94. The summed E-state index contributed by atoms with van der Waals surface area (Å²) in [5, 5.41) is 2.89. The van der Waals surface area contributed by atoms with Crippen molar-refractivity contribution in [2.45, 2.75) is 26.3 Å². The summed E-state index contributed by atoms with van der Waals surface area (Å²) in [6.07, 6.45) is 1.94. The molecule has 1 atom stereocenters. The summed E-state index contributed by atoms with van der Waals surface area (Å²) in [5.41, 5.74) is 0.964. The molecule has 1 amide bonds. The number of thiazole rings is 1. The molecular formula is C12H14N2O2S2. The Labute approximate surface area is 114 Å². The van der Waals surface area contributed by atoms with Crippen LogP contribution in [0.25, 0.3) is 0 Å². The summed E-state index contributed by atoms with van der Waals surface area (Å²) in [6.45, 7) is 3.81. The van der Waals surface area contributed by atoms with E-state index >= 15 is 0 Å². The van der Waals surface area contributed by atoms with Crippen molar-refractivity contribution in [3.63, 3.8) is 0 Å². The highest BCUT2D eigenvalue weighted by Crippen LogP contribution is 2.16. The molecule has 0 fully saturated rings. The van der Waals surface area contributed by atoms with Gasteiger partial charge in [0.2, 0.25) is 5.91 Å². The molecule has 0 aliphatic rings. The van der Waals surface area contributed by atoms with Crippen LogP contribution in [-0.4, -0.2) is 10.9 Å². The lowest BCUT2D eigenvalue weighted by Crippen LogP contribution is -2.27. The average molecular weight is 282 g/mol. The van der Waals surface area contributed by atoms with Gasteiger partial charge in [-0.25, -0.2) is 0 Å². The Bertz CT molecular complexity index is 583. The van der Waals surface area contributed by atoms with Gasteiger partial charge in [-0.1, -0.05) is 0 Å². The van der Waals surface area contributed by atoms with Crippen molar-refractivity contribution in [3.05, 3.63) is 38.7 Å². The Morgan fingerprint density at radius 3 is 3.00 bits per heavy atom. The van der Waals surface area contributed by atoms with Gasteiger partial charge in [0.1, 0.15) is 5.76 Å². The van der Waals surface area contributed by atoms with Crippen LogP contribution in [0.1, 0.15) is 29.3 Å². The largest absolute Gasteiger partial charge is 0.467 e. The SMILES string of the molecule is Cc1[nH]c(=S)sc1CC(=O)NC(C)c1ccco1. The lowest BCUT2D eigenvalue weighted by Gasteiger charge is -2.10. The number of carbonyl (C=O) groups is 1. The van der Waals surface area contributed by atoms with E-state index < -0.39 is 0 Å². The molecule has 1 unspecified atom stereocenters. The van der Waals surface area contributed by atoms with Gasteiger partial charge in [-0.2, -0.15) is 0 Å². The fourth-order valence-electron chi connectivity index (χ4n) is 1.65. The van der Waals surface area contributed by atoms with Gasteiger partial charge in [0.05, 0.1) is 18.7 Å². The minimum Gasteiger partial charge on any atom is -0.467 e. The number of furan rings is 1. The molecule has 0 aliphatic carbocycles. The van der Waals surface area contributed by atoms with Crippen molar-refractivity contribution in [1.82, 2.24) is 10.3 Å². The van der Waals surface area contributed by atoms with E-state index in [1.54, 1.807) is 12.3 Å². The number of H-pyrrole nitrogens is 1. The lowest BCUT2D eigenvalue weighted by atomic mass is 10.2. The molecule has 2 aromatic rings. The van der Waals surface area contributed by atoms with E-state index in [-0.39, 0.29) is 11.9 Å². The van der Waals surface area contributed by atoms with Crippen LogP contribution in [0.4, 0.5) is 0 Å². The number of aryl methyl sites for hydroxylation is 1. The fourth-order valence-corrected chi connectivity index (χ4v) is 2.94. The summed E-state index contributed by atoms with van der Waals surface area (Å²) in [4.78, 5) is 15.9. The van der Waals surface area contributed by atoms with E-state index in [4.69, 9.17) is 16.6 Å². The Kier molecular flexibility index (Phi) is 3.98. The van der Waals surface area contributed by atoms with E-state index in [9.17, 15) is 4.79 Å². The van der Waals surface area contributed by atoms with Gasteiger partial charge in [0.25, 0.3) is 0 Å². The molecule has 2 heterocycles. The molecule has 0 saturated carbocycles. The molecule has 0 bridgehead atoms. The number of carbonyl (C=O) groups excluding carboxylic acids is 1. The van der Waals surface area contributed by atoms with E-state index in [1.807, 2.05) is 19.9 Å². The van der Waals surface area contributed by atoms with Crippen molar-refractivity contribution in [3.8, 4) is 0 Å². The highest BCUT2D eigenvalue weighted by atomic mass is 32.1. The number of aromatic nitrogens is 1. The molecule has 2 aromatic heterocycles. The van der Waals surface area contributed by atoms with Gasteiger partial charge in [0, 0.05) is 10.6 Å². The second-order valence-electron chi connectivity index (χ2n) is 4.04. The fraction of sp³-hybridized carbons (Fsp3) is 0.333. The molecule has 96 valence electrons. The Balaban J connectivity index is 1.97. The zero-order valence-electron chi connectivity index (χ0n) is 10.1. The third kappa shape index (κ3) is 3.08. The van der Waals surface area contributed by atoms with E-state index in [2.05, 4.69) is 10.3 Å². The smallest absolute Gasteiger partial charge is 0.225 e. The van der Waals surface area contributed by atoms with Crippen LogP contribution in [0.2, 0.25) is 0 Å². The van der Waals surface area contributed by atoms with Crippen molar-refractivity contribution < 1.29 is 9.21 Å². The summed E-state index contributed by atoms with van der Waals surface area (Å²) in [7, 11) is 0. The first-order valence-electron chi connectivity index (χ1n) is 5.57. The van der Waals surface area contributed by atoms with Crippen molar-refractivity contribution in [2.75, 3.05) is 0 Å². The quantitative estimate of drug-likeness (QED) is 0.847. The van der Waals surface area contributed by atoms with E-state index in [1.165, 1.54) is 11.3 Å². The topological polar surface area (TPSA) is 58.0 Å². The van der Waals surface area contributed by atoms with Gasteiger partial charge in [-0.3, -0.25) is 4.79 Å². The molecule has 2 N–H and O–H groups in total. The normalized spacial score (nSPS) is 12.3. The first kappa shape index (κ1) is 13.0. The van der Waals surface area contributed by atoms with E-state index in [0.717, 1.165) is 16.3 Å². The third-order valence-electron chi connectivity index (χ3n) is 2.59. The van der Waals surface area contributed by atoms with Gasteiger partial charge in [-0.15, -0.1) is 11.3 Å². The first-order valence-corrected chi connectivity index (χ1v) is 6.80. The Morgan fingerprint density at radius 1 is 1.67 bits per heavy atom. The van der Waals surface area contributed by atoms with Crippen LogP contribution in [0.5, 0.6) is 0 Å². The standard InChI is InChI=1S/C12H14N2O2S2/c1-7(9-4-3-5-16-9)13-11(15)6-10-8(2)14-12(17)18-10/h3-5,7H,6H2,1-2H3,(H,13,15)(H,14,17). The van der Waals surface area contributed by atoms with Gasteiger partial charge >= 0.3 is 0 Å². The molecule has 0 aromatic carbocycles. The summed E-state index contributed by atoms with van der Waals surface area (Å²) in [5.74, 6) is 0.717. The number of hydrogen-bond acceptors (Lipinski definition) is 4. The maximum Gasteiger partial charge on any atom is 0.225 e. The van der Waals surface area contributed by atoms with Crippen LogP contribution < -0.4 is 5.32 Å². The predicted molar refractivity (Wildman–Crippen MR) is 73.2 cm³/mol. The number of nitrogens with one attached hydrogen (secondary N) is 2. The summed E-state index contributed by atoms with van der Waals surface area (Å²) >= 11 is 6.48. The molecule has 18 heavy (non-hydrogen) atoms. The minimum atomic E-state index is -0.125. The number of hydrogen-bond donors (Lipinski definition) is 2. The molecule has 0 aliphatic heterocycles. The molecular weight excluding hydrogens is 268 g/mol. The maximum absolute atomic E-state index is 11.9. The van der Waals surface area contributed by atoms with Crippen LogP contribution in [0, 0.1) is 10.9 Å². The maximum atomic E-state index is 11.9. The molecule has 2 rings (SSSR count). The van der Waals surface area contributed by atoms with Crippen LogP contribution >= 0.6 is 23.6 Å². The molecule has 0 radical (unpaired) electrons. The first-order chi connectivity index (χ1) is 8.56. The highest BCUT2D eigenvalue weighted by molar-refractivity contribution is 7.73. The second-order valence-corrected chi connectivity index (χ2v) is 5.82. The van der Waals surface area contributed by atoms with Crippen LogP contribution in [0.15, 0.2) is 22.8 Å². The van der Waals surface area contributed by atoms with Crippen molar-refractivity contribution in [2.24, 2.45) is 0 Å². The zero-order valence-corrected chi connectivity index (χ0v) is 11.8. The van der Waals surface area contributed by atoms with Crippen LogP contribution in [0.3, 0.4) is 0 Å². The number of rotatable bonds is 4. The van der Waals surface area contributed by atoms with Crippen LogP contribution in [-0.2, 0) is 11.2 Å². The molecule has 6 heteroatoms. The number of aromatic amines is 1. The molecule has 4 nitrogen and oxygen atoms in total. The molecule has 0 saturated heterocycles. The monoisotopic (exact) mass is 282 g/mol. The Hall–Kier alpha value is -1.40. The molecule has 0 spiro atoms. The second kappa shape index (κ2) is 5.49. The minimum absolute atomic E-state index is 0.0350. The van der Waals surface area contributed by atoms with Crippen molar-refractivity contribution >= 4 is 29.5 Å². The van der Waals surface area contributed by atoms with Gasteiger partial charge in [0.15, 0.2) is 3.95 Å².